The average molecular weight is 316 g/mol. The molecule has 0 aliphatic heterocycles. The van der Waals surface area contributed by atoms with E-state index in [1.165, 1.54) is 0 Å². The molecule has 3 rings (SSSR count). The Bertz CT molecular complexity index is 686. The maximum absolute atomic E-state index is 12.2. The number of benzene rings is 2. The second kappa shape index (κ2) is 6.51. The molecule has 1 amide bonds. The molecule has 0 spiro atoms. The van der Waals surface area contributed by atoms with Crippen molar-refractivity contribution in [2.45, 2.75) is 31.4 Å². The first-order valence-electron chi connectivity index (χ1n) is 7.44. The van der Waals surface area contributed by atoms with Crippen LogP contribution in [0.2, 0.25) is 5.02 Å². The van der Waals surface area contributed by atoms with Crippen molar-refractivity contribution in [3.05, 3.63) is 70.2 Å². The van der Waals surface area contributed by atoms with Crippen molar-refractivity contribution in [2.24, 2.45) is 0 Å². The number of aliphatic hydroxyl groups excluding tert-OH is 1. The van der Waals surface area contributed by atoms with Crippen molar-refractivity contribution in [3.63, 3.8) is 0 Å². The molecule has 3 nitrogen and oxygen atoms in total. The first-order chi connectivity index (χ1) is 10.6. The molecule has 0 radical (unpaired) electrons. The molecule has 0 fully saturated rings. The number of aryl methyl sites for hydroxylation is 1. The lowest BCUT2D eigenvalue weighted by Crippen LogP contribution is -2.33. The minimum absolute atomic E-state index is 0.0688. The summed E-state index contributed by atoms with van der Waals surface area (Å²) in [5.74, 6) is -0.0688. The average Bonchev–Trinajstić information content (AvgIpc) is 2.83. The van der Waals surface area contributed by atoms with Gasteiger partial charge in [-0.1, -0.05) is 54.1 Å². The Labute approximate surface area is 134 Å². The number of halogens is 1. The highest BCUT2D eigenvalue weighted by atomic mass is 35.5. The number of nitrogens with one attached hydrogen (secondary N) is 1. The molecular weight excluding hydrogens is 298 g/mol. The third-order valence-corrected chi connectivity index (χ3v) is 4.47. The molecular formula is C18H18ClNO2. The molecule has 0 heterocycles. The van der Waals surface area contributed by atoms with Crippen LogP contribution < -0.4 is 5.32 Å². The number of amides is 1. The van der Waals surface area contributed by atoms with Crippen LogP contribution in [0, 0.1) is 0 Å². The minimum Gasteiger partial charge on any atom is -0.390 e. The second-order valence-electron chi connectivity index (χ2n) is 5.61. The van der Waals surface area contributed by atoms with Crippen LogP contribution in [0.3, 0.4) is 0 Å². The van der Waals surface area contributed by atoms with Crippen LogP contribution in [-0.2, 0) is 17.6 Å². The molecule has 2 N–H and O–H groups in total. The highest BCUT2D eigenvalue weighted by Gasteiger charge is 2.31. The van der Waals surface area contributed by atoms with Crippen LogP contribution in [0.4, 0.5) is 0 Å². The zero-order chi connectivity index (χ0) is 15.5. The predicted molar refractivity (Wildman–Crippen MR) is 86.8 cm³/mol. The summed E-state index contributed by atoms with van der Waals surface area (Å²) >= 11 is 6.10. The molecule has 1 aliphatic rings. The molecule has 0 saturated heterocycles. The topological polar surface area (TPSA) is 49.3 Å². The van der Waals surface area contributed by atoms with Gasteiger partial charge in [0.1, 0.15) is 0 Å². The van der Waals surface area contributed by atoms with Gasteiger partial charge in [0, 0.05) is 17.9 Å². The Morgan fingerprint density at radius 2 is 1.91 bits per heavy atom. The standard InChI is InChI=1S/C18H18ClNO2/c19-15-8-4-2-5-12(15)9-10-17(22)20-18-14-7-3-1-6-13(14)11-16(18)21/h1-8,16,18,21H,9-11H2,(H,20,22). The summed E-state index contributed by atoms with van der Waals surface area (Å²) in [6.45, 7) is 0. The Morgan fingerprint density at radius 1 is 1.18 bits per heavy atom. The van der Waals surface area contributed by atoms with E-state index in [9.17, 15) is 9.90 Å². The summed E-state index contributed by atoms with van der Waals surface area (Å²) in [6, 6.07) is 15.1. The SMILES string of the molecule is O=C(CCc1ccccc1Cl)NC1c2ccccc2CC1O. The van der Waals surface area contributed by atoms with Crippen molar-refractivity contribution in [1.82, 2.24) is 5.32 Å². The first kappa shape index (κ1) is 15.1. The summed E-state index contributed by atoms with van der Waals surface area (Å²) in [7, 11) is 0. The van der Waals surface area contributed by atoms with Gasteiger partial charge in [0.2, 0.25) is 5.91 Å². The predicted octanol–water partition coefficient (Wildman–Crippen LogP) is 3.05. The summed E-state index contributed by atoms with van der Waals surface area (Å²) in [5.41, 5.74) is 3.08. The van der Waals surface area contributed by atoms with Crippen LogP contribution in [0.25, 0.3) is 0 Å². The molecule has 0 bridgehead atoms. The van der Waals surface area contributed by atoms with Gasteiger partial charge in [-0.2, -0.15) is 0 Å². The van der Waals surface area contributed by atoms with Gasteiger partial charge in [-0.3, -0.25) is 4.79 Å². The van der Waals surface area contributed by atoms with E-state index in [-0.39, 0.29) is 11.9 Å². The Hall–Kier alpha value is -1.84. The Morgan fingerprint density at radius 3 is 2.73 bits per heavy atom. The van der Waals surface area contributed by atoms with Crippen molar-refractivity contribution >= 4 is 17.5 Å². The number of carbonyl (C=O) groups excluding carboxylic acids is 1. The van der Waals surface area contributed by atoms with Gasteiger partial charge in [0.15, 0.2) is 0 Å². The molecule has 2 aromatic rings. The van der Waals surface area contributed by atoms with Crippen LogP contribution in [0.5, 0.6) is 0 Å². The van der Waals surface area contributed by atoms with E-state index < -0.39 is 6.10 Å². The normalized spacial score (nSPS) is 19.7. The van der Waals surface area contributed by atoms with Gasteiger partial charge in [0.05, 0.1) is 12.1 Å². The number of hydrogen-bond acceptors (Lipinski definition) is 2. The largest absolute Gasteiger partial charge is 0.390 e. The Balaban J connectivity index is 1.62. The molecule has 1 aliphatic carbocycles. The smallest absolute Gasteiger partial charge is 0.220 e. The maximum atomic E-state index is 12.2. The second-order valence-corrected chi connectivity index (χ2v) is 6.01. The summed E-state index contributed by atoms with van der Waals surface area (Å²) in [4.78, 5) is 12.2. The van der Waals surface area contributed by atoms with E-state index in [4.69, 9.17) is 11.6 Å². The molecule has 0 aromatic heterocycles. The highest BCUT2D eigenvalue weighted by Crippen LogP contribution is 2.31. The fourth-order valence-corrected chi connectivity index (χ4v) is 3.17. The molecule has 0 saturated carbocycles. The van der Waals surface area contributed by atoms with E-state index in [0.717, 1.165) is 16.7 Å². The van der Waals surface area contributed by atoms with Gasteiger partial charge in [-0.25, -0.2) is 0 Å². The van der Waals surface area contributed by atoms with E-state index in [0.29, 0.717) is 24.3 Å². The third kappa shape index (κ3) is 3.16. The summed E-state index contributed by atoms with van der Waals surface area (Å²) in [5, 5.41) is 13.8. The van der Waals surface area contributed by atoms with Gasteiger partial charge >= 0.3 is 0 Å². The molecule has 22 heavy (non-hydrogen) atoms. The van der Waals surface area contributed by atoms with E-state index >= 15 is 0 Å². The first-order valence-corrected chi connectivity index (χ1v) is 7.81. The fraction of sp³-hybridized carbons (Fsp3) is 0.278. The monoisotopic (exact) mass is 315 g/mol. The number of fused-ring (bicyclic) bond motifs is 1. The minimum atomic E-state index is -0.554. The van der Waals surface area contributed by atoms with Crippen LogP contribution in [0.1, 0.15) is 29.2 Å². The third-order valence-electron chi connectivity index (χ3n) is 4.10. The van der Waals surface area contributed by atoms with Crippen LogP contribution in [0.15, 0.2) is 48.5 Å². The summed E-state index contributed by atoms with van der Waals surface area (Å²) < 4.78 is 0. The molecule has 2 atom stereocenters. The van der Waals surface area contributed by atoms with Crippen LogP contribution >= 0.6 is 11.6 Å². The molecule has 114 valence electrons. The molecule has 2 unspecified atom stereocenters. The lowest BCUT2D eigenvalue weighted by atomic mass is 10.1. The zero-order valence-corrected chi connectivity index (χ0v) is 12.9. The van der Waals surface area contributed by atoms with Crippen molar-refractivity contribution in [1.29, 1.82) is 0 Å². The number of carbonyl (C=O) groups is 1. The van der Waals surface area contributed by atoms with Gasteiger partial charge in [-0.15, -0.1) is 0 Å². The fourth-order valence-electron chi connectivity index (χ4n) is 2.94. The number of hydrogen-bond donors (Lipinski definition) is 2. The maximum Gasteiger partial charge on any atom is 0.220 e. The van der Waals surface area contributed by atoms with E-state index in [2.05, 4.69) is 5.32 Å². The van der Waals surface area contributed by atoms with E-state index in [1.807, 2.05) is 48.5 Å². The van der Waals surface area contributed by atoms with Crippen molar-refractivity contribution in [3.8, 4) is 0 Å². The van der Waals surface area contributed by atoms with Gasteiger partial charge < -0.3 is 10.4 Å². The molecule has 4 heteroatoms. The van der Waals surface area contributed by atoms with E-state index in [1.54, 1.807) is 0 Å². The number of aliphatic hydroxyl groups is 1. The molecule has 2 aromatic carbocycles. The lowest BCUT2D eigenvalue weighted by molar-refractivity contribution is -0.122. The summed E-state index contributed by atoms with van der Waals surface area (Å²) in [6.07, 6.45) is 0.984. The Kier molecular flexibility index (Phi) is 4.46. The quantitative estimate of drug-likeness (QED) is 0.911. The number of rotatable bonds is 4. The van der Waals surface area contributed by atoms with Gasteiger partial charge in [-0.05, 0) is 29.2 Å². The van der Waals surface area contributed by atoms with Crippen LogP contribution in [-0.4, -0.2) is 17.1 Å². The van der Waals surface area contributed by atoms with Crippen molar-refractivity contribution < 1.29 is 9.90 Å². The zero-order valence-electron chi connectivity index (χ0n) is 12.1. The van der Waals surface area contributed by atoms with Crippen molar-refractivity contribution in [2.75, 3.05) is 0 Å². The highest BCUT2D eigenvalue weighted by molar-refractivity contribution is 6.31. The lowest BCUT2D eigenvalue weighted by Gasteiger charge is -2.18. The van der Waals surface area contributed by atoms with Gasteiger partial charge in [0.25, 0.3) is 0 Å².